The van der Waals surface area contributed by atoms with Gasteiger partial charge < -0.3 is 5.73 Å². The van der Waals surface area contributed by atoms with E-state index in [1.807, 2.05) is 18.7 Å². The van der Waals surface area contributed by atoms with Gasteiger partial charge in [-0.1, -0.05) is 0 Å². The van der Waals surface area contributed by atoms with Crippen LogP contribution >= 0.6 is 0 Å². The second-order valence-electron chi connectivity index (χ2n) is 5.29. The molecule has 1 saturated carbocycles. The molecule has 0 aliphatic heterocycles. The molecule has 17 heavy (non-hydrogen) atoms. The molecule has 1 rings (SSSR count). The molecule has 0 heterocycles. The predicted octanol–water partition coefficient (Wildman–Crippen LogP) is 2.01. The first-order valence-corrected chi connectivity index (χ1v) is 6.20. The lowest BCUT2D eigenvalue weighted by Crippen LogP contribution is -2.42. The van der Waals surface area contributed by atoms with Crippen molar-refractivity contribution in [2.75, 3.05) is 13.1 Å². The fourth-order valence-electron chi connectivity index (χ4n) is 2.27. The van der Waals surface area contributed by atoms with Crippen LogP contribution in [0.3, 0.4) is 0 Å². The Hall–Kier alpha value is -0.710. The number of hydrogen-bond acceptors (Lipinski definition) is 2. The van der Waals surface area contributed by atoms with Gasteiger partial charge in [0.25, 0.3) is 0 Å². The molecule has 0 atom stereocenters. The summed E-state index contributed by atoms with van der Waals surface area (Å²) in [7, 11) is 0. The second kappa shape index (κ2) is 5.76. The second-order valence-corrected chi connectivity index (χ2v) is 5.29. The largest absolute Gasteiger partial charge is 0.369 e. The minimum absolute atomic E-state index is 0.0276. The summed E-state index contributed by atoms with van der Waals surface area (Å²) in [5.74, 6) is -2.58. The van der Waals surface area contributed by atoms with Crippen LogP contribution < -0.4 is 5.73 Å². The van der Waals surface area contributed by atoms with Gasteiger partial charge >= 0.3 is 0 Å². The third kappa shape index (κ3) is 4.98. The number of nitrogens with zero attached hydrogens (tertiary/aromatic N) is 1. The average molecular weight is 248 g/mol. The SMILES string of the molecule is CC(C)N(CC(N)=O)CC1CCC(F)(F)CC1. The van der Waals surface area contributed by atoms with Crippen LogP contribution in [0.4, 0.5) is 8.78 Å². The minimum Gasteiger partial charge on any atom is -0.369 e. The topological polar surface area (TPSA) is 46.3 Å². The van der Waals surface area contributed by atoms with Gasteiger partial charge in [0.2, 0.25) is 11.8 Å². The molecular formula is C12H22F2N2O. The maximum Gasteiger partial charge on any atom is 0.248 e. The number of amides is 1. The van der Waals surface area contributed by atoms with Crippen molar-refractivity contribution >= 4 is 5.91 Å². The molecule has 0 aromatic carbocycles. The zero-order chi connectivity index (χ0) is 13.1. The fourth-order valence-corrected chi connectivity index (χ4v) is 2.27. The van der Waals surface area contributed by atoms with Gasteiger partial charge in [-0.15, -0.1) is 0 Å². The Balaban J connectivity index is 2.43. The minimum atomic E-state index is -2.48. The number of carbonyl (C=O) groups is 1. The van der Waals surface area contributed by atoms with E-state index in [2.05, 4.69) is 0 Å². The Morgan fingerprint density at radius 3 is 2.35 bits per heavy atom. The van der Waals surface area contributed by atoms with Crippen LogP contribution in [-0.2, 0) is 4.79 Å². The van der Waals surface area contributed by atoms with Crippen molar-refractivity contribution in [3.63, 3.8) is 0 Å². The lowest BCUT2D eigenvalue weighted by Gasteiger charge is -2.33. The quantitative estimate of drug-likeness (QED) is 0.809. The molecule has 5 heteroatoms. The van der Waals surface area contributed by atoms with Crippen molar-refractivity contribution in [1.82, 2.24) is 4.90 Å². The highest BCUT2D eigenvalue weighted by molar-refractivity contribution is 5.75. The van der Waals surface area contributed by atoms with Crippen LogP contribution in [-0.4, -0.2) is 35.9 Å². The summed E-state index contributed by atoms with van der Waals surface area (Å²) in [6.45, 7) is 4.88. The van der Waals surface area contributed by atoms with Crippen molar-refractivity contribution in [3.05, 3.63) is 0 Å². The molecule has 0 aromatic heterocycles. The van der Waals surface area contributed by atoms with Gasteiger partial charge in [-0.3, -0.25) is 9.69 Å². The number of halogens is 2. The van der Waals surface area contributed by atoms with Gasteiger partial charge in [-0.2, -0.15) is 0 Å². The Kier molecular flexibility index (Phi) is 4.86. The van der Waals surface area contributed by atoms with Gasteiger partial charge in [0, 0.05) is 25.4 Å². The molecule has 1 amide bonds. The molecular weight excluding hydrogens is 226 g/mol. The molecule has 0 radical (unpaired) electrons. The number of nitrogens with two attached hydrogens (primary N) is 1. The summed E-state index contributed by atoms with van der Waals surface area (Å²) in [5, 5.41) is 0. The van der Waals surface area contributed by atoms with E-state index >= 15 is 0 Å². The highest BCUT2D eigenvalue weighted by atomic mass is 19.3. The lowest BCUT2D eigenvalue weighted by molar-refractivity contribution is -0.120. The van der Waals surface area contributed by atoms with E-state index in [4.69, 9.17) is 5.73 Å². The summed E-state index contributed by atoms with van der Waals surface area (Å²) in [6, 6.07) is 0.213. The third-order valence-corrected chi connectivity index (χ3v) is 3.42. The number of hydrogen-bond donors (Lipinski definition) is 1. The molecule has 0 unspecified atom stereocenters. The molecule has 100 valence electrons. The van der Waals surface area contributed by atoms with Crippen molar-refractivity contribution in [2.45, 2.75) is 51.5 Å². The van der Waals surface area contributed by atoms with Gasteiger partial charge in [-0.05, 0) is 32.6 Å². The van der Waals surface area contributed by atoms with Gasteiger partial charge in [0.15, 0.2) is 0 Å². The van der Waals surface area contributed by atoms with Crippen molar-refractivity contribution in [1.29, 1.82) is 0 Å². The van der Waals surface area contributed by atoms with Gasteiger partial charge in [-0.25, -0.2) is 8.78 Å². The van der Waals surface area contributed by atoms with E-state index < -0.39 is 5.92 Å². The first kappa shape index (κ1) is 14.4. The molecule has 1 fully saturated rings. The molecule has 0 spiro atoms. The van der Waals surface area contributed by atoms with E-state index in [0.717, 1.165) is 0 Å². The summed E-state index contributed by atoms with van der Waals surface area (Å²) in [5.41, 5.74) is 5.18. The molecule has 0 saturated heterocycles. The zero-order valence-corrected chi connectivity index (χ0v) is 10.6. The van der Waals surface area contributed by atoms with E-state index in [9.17, 15) is 13.6 Å². The normalized spacial score (nSPS) is 21.1. The highest BCUT2D eigenvalue weighted by Crippen LogP contribution is 2.36. The smallest absolute Gasteiger partial charge is 0.248 e. The van der Waals surface area contributed by atoms with Crippen molar-refractivity contribution in [2.24, 2.45) is 11.7 Å². The number of carbonyl (C=O) groups excluding carboxylic acids is 1. The molecule has 2 N–H and O–H groups in total. The lowest BCUT2D eigenvalue weighted by atomic mass is 9.86. The third-order valence-electron chi connectivity index (χ3n) is 3.42. The Morgan fingerprint density at radius 1 is 1.41 bits per heavy atom. The maximum atomic E-state index is 13.0. The Bertz CT molecular complexity index is 259. The van der Waals surface area contributed by atoms with Gasteiger partial charge in [0.1, 0.15) is 0 Å². The van der Waals surface area contributed by atoms with E-state index in [0.29, 0.717) is 19.4 Å². The first-order chi connectivity index (χ1) is 7.80. The maximum absolute atomic E-state index is 13.0. The summed E-state index contributed by atoms with van der Waals surface area (Å²) < 4.78 is 26.0. The number of alkyl halides is 2. The van der Waals surface area contributed by atoms with Crippen LogP contribution in [0.25, 0.3) is 0 Å². The van der Waals surface area contributed by atoms with E-state index in [1.54, 1.807) is 0 Å². The van der Waals surface area contributed by atoms with E-state index in [1.165, 1.54) is 0 Å². The van der Waals surface area contributed by atoms with Crippen LogP contribution in [0.2, 0.25) is 0 Å². The van der Waals surface area contributed by atoms with Crippen LogP contribution in [0.15, 0.2) is 0 Å². The molecule has 1 aliphatic rings. The van der Waals surface area contributed by atoms with Crippen LogP contribution in [0.1, 0.15) is 39.5 Å². The van der Waals surface area contributed by atoms with Gasteiger partial charge in [0.05, 0.1) is 6.54 Å². The fraction of sp³-hybridized carbons (Fsp3) is 0.917. The first-order valence-electron chi connectivity index (χ1n) is 6.20. The monoisotopic (exact) mass is 248 g/mol. The molecule has 3 nitrogen and oxygen atoms in total. The summed E-state index contributed by atoms with van der Waals surface area (Å²) in [4.78, 5) is 12.9. The van der Waals surface area contributed by atoms with Crippen molar-refractivity contribution < 1.29 is 13.6 Å². The van der Waals surface area contributed by atoms with Crippen molar-refractivity contribution in [3.8, 4) is 0 Å². The zero-order valence-electron chi connectivity index (χ0n) is 10.6. The standard InChI is InChI=1S/C12H22F2N2O/c1-9(2)16(8-11(15)17)7-10-3-5-12(13,14)6-4-10/h9-10H,3-8H2,1-2H3,(H2,15,17). The summed E-state index contributed by atoms with van der Waals surface area (Å²) >= 11 is 0. The molecule has 1 aliphatic carbocycles. The van der Waals surface area contributed by atoms with Crippen LogP contribution in [0, 0.1) is 5.92 Å². The molecule has 0 bridgehead atoms. The Morgan fingerprint density at radius 2 is 1.94 bits per heavy atom. The number of rotatable bonds is 5. The van der Waals surface area contributed by atoms with E-state index in [-0.39, 0.29) is 37.3 Å². The highest BCUT2D eigenvalue weighted by Gasteiger charge is 2.35. The average Bonchev–Trinajstić information content (AvgIpc) is 2.19. The van der Waals surface area contributed by atoms with Crippen LogP contribution in [0.5, 0.6) is 0 Å². The molecule has 0 aromatic rings. The summed E-state index contributed by atoms with van der Waals surface area (Å²) in [6.07, 6.45) is 1.02. The number of primary amides is 1. The predicted molar refractivity (Wildman–Crippen MR) is 62.8 cm³/mol. The Labute approximate surface area is 101 Å².